The molecule has 12 heteroatoms. The van der Waals surface area contributed by atoms with Crippen molar-refractivity contribution in [3.63, 3.8) is 0 Å². The van der Waals surface area contributed by atoms with Gasteiger partial charge in [0.25, 0.3) is 7.82 Å². The van der Waals surface area contributed by atoms with Crippen molar-refractivity contribution in [2.24, 2.45) is 0 Å². The molecule has 0 fully saturated rings. The van der Waals surface area contributed by atoms with Crippen LogP contribution < -0.4 is 4.89 Å². The van der Waals surface area contributed by atoms with E-state index in [9.17, 15) is 29.3 Å². The Morgan fingerprint density at radius 1 is 0.576 bits per heavy atom. The first-order chi connectivity index (χ1) is 31.8. The molecule has 0 aromatic rings. The van der Waals surface area contributed by atoms with Gasteiger partial charge < -0.3 is 38.1 Å². The molecule has 2 N–H and O–H groups in total. The lowest BCUT2D eigenvalue weighted by molar-refractivity contribution is -0.870. The van der Waals surface area contributed by atoms with Gasteiger partial charge in [-0.15, -0.1) is 0 Å². The van der Waals surface area contributed by atoms with Crippen LogP contribution in [0.15, 0.2) is 85.1 Å². The summed E-state index contributed by atoms with van der Waals surface area (Å²) in [6.45, 7) is 3.83. The van der Waals surface area contributed by atoms with Crippen LogP contribution in [0.4, 0.5) is 0 Å². The number of phosphoric ester groups is 1. The van der Waals surface area contributed by atoms with E-state index in [1.54, 1.807) is 36.5 Å². The smallest absolute Gasteiger partial charge is 0.306 e. The van der Waals surface area contributed by atoms with E-state index in [-0.39, 0.29) is 26.1 Å². The Bertz CT molecular complexity index is 1430. The summed E-state index contributed by atoms with van der Waals surface area (Å²) in [6.07, 6.45) is 51.2. The van der Waals surface area contributed by atoms with Crippen LogP contribution >= 0.6 is 7.82 Å². The van der Waals surface area contributed by atoms with Crippen molar-refractivity contribution < 1.29 is 52.3 Å². The van der Waals surface area contributed by atoms with Gasteiger partial charge in [-0.2, -0.15) is 0 Å². The fraction of sp³-hybridized carbons (Fsp3) is 0.704. The van der Waals surface area contributed by atoms with Gasteiger partial charge in [0, 0.05) is 12.8 Å². The molecule has 0 aliphatic carbocycles. The van der Waals surface area contributed by atoms with Crippen LogP contribution in [0.3, 0.4) is 0 Å². The topological polar surface area (TPSA) is 152 Å². The Hall–Kier alpha value is -2.89. The second-order valence-electron chi connectivity index (χ2n) is 18.2. The van der Waals surface area contributed by atoms with Gasteiger partial charge in [-0.1, -0.05) is 189 Å². The molecule has 0 aromatic carbocycles. The van der Waals surface area contributed by atoms with E-state index < -0.39 is 44.7 Å². The van der Waals surface area contributed by atoms with Gasteiger partial charge in [0.15, 0.2) is 6.10 Å². The predicted molar refractivity (Wildman–Crippen MR) is 271 cm³/mol. The average Bonchev–Trinajstić information content (AvgIpc) is 3.26. The molecule has 0 amide bonds. The molecule has 66 heavy (non-hydrogen) atoms. The maximum absolute atomic E-state index is 12.7. The highest BCUT2D eigenvalue weighted by molar-refractivity contribution is 7.45. The first-order valence-electron chi connectivity index (χ1n) is 25.5. The van der Waals surface area contributed by atoms with E-state index in [2.05, 4.69) is 19.1 Å². The van der Waals surface area contributed by atoms with Gasteiger partial charge in [0.1, 0.15) is 19.8 Å². The van der Waals surface area contributed by atoms with E-state index in [1.807, 2.05) is 64.5 Å². The van der Waals surface area contributed by atoms with E-state index in [1.165, 1.54) is 96.3 Å². The fourth-order valence-corrected chi connectivity index (χ4v) is 7.28. The van der Waals surface area contributed by atoms with Crippen LogP contribution in [0.25, 0.3) is 0 Å². The quantitative estimate of drug-likeness (QED) is 0.0151. The van der Waals surface area contributed by atoms with Gasteiger partial charge in [0.2, 0.25) is 0 Å². The number of esters is 2. The Morgan fingerprint density at radius 3 is 1.62 bits per heavy atom. The van der Waals surface area contributed by atoms with Crippen molar-refractivity contribution in [1.82, 2.24) is 0 Å². The molecule has 1 unspecified atom stereocenters. The van der Waals surface area contributed by atoms with Gasteiger partial charge in [-0.3, -0.25) is 14.2 Å². The third-order valence-corrected chi connectivity index (χ3v) is 11.5. The number of allylic oxidation sites excluding steroid dienone is 10. The molecule has 0 aliphatic heterocycles. The molecule has 0 aliphatic rings. The van der Waals surface area contributed by atoms with Gasteiger partial charge in [-0.25, -0.2) is 0 Å². The van der Waals surface area contributed by atoms with Gasteiger partial charge in [-0.05, 0) is 64.2 Å². The Kier molecular flexibility index (Phi) is 42.7. The van der Waals surface area contributed by atoms with Crippen LogP contribution in [0, 0.1) is 0 Å². The number of carbonyl (C=O) groups is 2. The first-order valence-corrected chi connectivity index (χ1v) is 27.0. The van der Waals surface area contributed by atoms with E-state index >= 15 is 0 Å². The second kappa shape index (κ2) is 44.6. The molecule has 0 radical (unpaired) electrons. The molecule has 0 spiro atoms. The summed E-state index contributed by atoms with van der Waals surface area (Å²) in [6, 6.07) is 0. The summed E-state index contributed by atoms with van der Waals surface area (Å²) >= 11 is 0. The number of unbranched alkanes of at least 4 members (excludes halogenated alkanes) is 17. The standard InChI is InChI=1S/C54H94NO10P/c1-6-8-10-11-12-13-14-15-16-17-18-19-20-21-22-23-24-25-26-31-39-45-54(59)65-52(49-64-66(60,61)63-47-46-55(3,4)5)48-62-53(58)44-38-30-28-27-29-35-41-51(57)43-37-33-32-36-42-50(56)40-34-9-7-2/h9,15-16,28-30,32-37,42-43,50-52,56-57H,6-8,10-14,17-27,31,38-41,44-49H2,1-5H3/b16-15-,30-28-,33-32-,34-9-,35-29-,42-36+,43-37+/t50-,51+,52-/m1/s1. The second-order valence-corrected chi connectivity index (χ2v) is 19.6. The summed E-state index contributed by atoms with van der Waals surface area (Å²) < 4.78 is 33.9. The summed E-state index contributed by atoms with van der Waals surface area (Å²) in [5.74, 6) is -1.01. The highest BCUT2D eigenvalue weighted by Gasteiger charge is 2.21. The normalized spacial score (nSPS) is 15.1. The number of hydrogen-bond acceptors (Lipinski definition) is 10. The lowest BCUT2D eigenvalue weighted by Crippen LogP contribution is -2.37. The number of phosphoric acid groups is 1. The lowest BCUT2D eigenvalue weighted by Gasteiger charge is -2.28. The van der Waals surface area contributed by atoms with Crippen molar-refractivity contribution in [3.05, 3.63) is 85.1 Å². The molecule has 0 rings (SSSR count). The van der Waals surface area contributed by atoms with Crippen molar-refractivity contribution >= 4 is 19.8 Å². The van der Waals surface area contributed by atoms with Gasteiger partial charge in [0.05, 0.1) is 40.0 Å². The zero-order chi connectivity index (χ0) is 48.8. The highest BCUT2D eigenvalue weighted by atomic mass is 31.2. The maximum atomic E-state index is 12.7. The predicted octanol–water partition coefficient (Wildman–Crippen LogP) is 12.4. The SMILES string of the molecule is CC/C=C\C[C@@H](O)/C=C/C=C\C=C\[C@@H](O)C/C=C\C/C=C\CCC(=O)OC[C@H](COP(=O)([O-])OCC[N+](C)(C)C)OC(=O)CCCCCCCCCCCCC/C=C\CCCCCCCC. The fourth-order valence-electron chi connectivity index (χ4n) is 6.56. The van der Waals surface area contributed by atoms with Crippen molar-refractivity contribution in [2.75, 3.05) is 47.5 Å². The Labute approximate surface area is 402 Å². The van der Waals surface area contributed by atoms with Crippen molar-refractivity contribution in [1.29, 1.82) is 0 Å². The number of aliphatic hydroxyl groups is 2. The molecule has 11 nitrogen and oxygen atoms in total. The van der Waals surface area contributed by atoms with Crippen LogP contribution in [0.2, 0.25) is 0 Å². The minimum Gasteiger partial charge on any atom is -0.756 e. The molecule has 0 aromatic heterocycles. The Morgan fingerprint density at radius 2 is 1.08 bits per heavy atom. The molecule has 0 bridgehead atoms. The number of rotatable bonds is 45. The van der Waals surface area contributed by atoms with Crippen LogP contribution in [0.5, 0.6) is 0 Å². The van der Waals surface area contributed by atoms with Crippen LogP contribution in [-0.2, 0) is 32.7 Å². The molecule has 380 valence electrons. The summed E-state index contributed by atoms with van der Waals surface area (Å²) in [7, 11) is 1.05. The lowest BCUT2D eigenvalue weighted by atomic mass is 10.0. The summed E-state index contributed by atoms with van der Waals surface area (Å²) in [5.41, 5.74) is 0. The minimum atomic E-state index is -4.68. The average molecular weight is 948 g/mol. The number of ether oxygens (including phenoxy) is 2. The number of quaternary nitrogens is 1. The summed E-state index contributed by atoms with van der Waals surface area (Å²) in [5, 5.41) is 20.0. The maximum Gasteiger partial charge on any atom is 0.306 e. The van der Waals surface area contributed by atoms with E-state index in [0.29, 0.717) is 43.1 Å². The van der Waals surface area contributed by atoms with E-state index in [4.69, 9.17) is 18.5 Å². The van der Waals surface area contributed by atoms with Crippen molar-refractivity contribution in [3.8, 4) is 0 Å². The molecule has 0 saturated carbocycles. The number of likely N-dealkylation sites (N-methyl/N-ethyl adjacent to an activating group) is 1. The largest absolute Gasteiger partial charge is 0.756 e. The van der Waals surface area contributed by atoms with Crippen LogP contribution in [-0.4, -0.2) is 92.5 Å². The highest BCUT2D eigenvalue weighted by Crippen LogP contribution is 2.38. The number of nitrogens with zero attached hydrogens (tertiary/aromatic N) is 1. The first kappa shape index (κ1) is 63.1. The molecule has 0 heterocycles. The number of hydrogen-bond donors (Lipinski definition) is 2. The zero-order valence-electron chi connectivity index (χ0n) is 42.1. The third kappa shape index (κ3) is 47.6. The molecular formula is C54H94NO10P. The minimum absolute atomic E-state index is 0.0640. The third-order valence-electron chi connectivity index (χ3n) is 10.6. The molecule has 0 saturated heterocycles. The van der Waals surface area contributed by atoms with Crippen molar-refractivity contribution in [2.45, 2.75) is 199 Å². The molecular weight excluding hydrogens is 854 g/mol. The van der Waals surface area contributed by atoms with E-state index in [0.717, 1.165) is 25.7 Å². The monoisotopic (exact) mass is 948 g/mol. The molecule has 4 atom stereocenters. The summed E-state index contributed by atoms with van der Waals surface area (Å²) in [4.78, 5) is 37.7. The Balaban J connectivity index is 4.47. The zero-order valence-corrected chi connectivity index (χ0v) is 43.0. The van der Waals surface area contributed by atoms with Crippen LogP contribution in [0.1, 0.15) is 181 Å². The van der Waals surface area contributed by atoms with Gasteiger partial charge >= 0.3 is 11.9 Å². The number of carbonyl (C=O) groups excluding carboxylic acids is 2. The number of aliphatic hydroxyl groups excluding tert-OH is 2.